The van der Waals surface area contributed by atoms with Crippen LogP contribution in [0.2, 0.25) is 0 Å². The molecule has 1 amide bonds. The van der Waals surface area contributed by atoms with E-state index < -0.39 is 0 Å². The van der Waals surface area contributed by atoms with Gasteiger partial charge in [-0.25, -0.2) is 0 Å². The number of ether oxygens (including phenoxy) is 2. The second-order valence-electron chi connectivity index (χ2n) is 4.34. The van der Waals surface area contributed by atoms with Crippen molar-refractivity contribution in [1.29, 1.82) is 0 Å². The Morgan fingerprint density at radius 1 is 1.33 bits per heavy atom. The molecule has 0 atom stereocenters. The summed E-state index contributed by atoms with van der Waals surface area (Å²) in [6, 6.07) is 5.51. The molecular formula is C14H16BrN3O3. The lowest BCUT2D eigenvalue weighted by molar-refractivity contribution is 0.0940. The van der Waals surface area contributed by atoms with E-state index in [-0.39, 0.29) is 5.91 Å². The summed E-state index contributed by atoms with van der Waals surface area (Å²) in [5, 5.41) is 6.86. The number of benzene rings is 1. The van der Waals surface area contributed by atoms with Crippen LogP contribution in [0, 0.1) is 0 Å². The van der Waals surface area contributed by atoms with Crippen molar-refractivity contribution in [1.82, 2.24) is 15.1 Å². The Balaban J connectivity index is 2.08. The number of nitrogens with zero attached hydrogens (tertiary/aromatic N) is 2. The second kappa shape index (κ2) is 6.62. The summed E-state index contributed by atoms with van der Waals surface area (Å²) in [7, 11) is 4.88. The molecule has 1 heterocycles. The maximum atomic E-state index is 12.1. The standard InChI is InChI=1S/C14H16BrN3O3/c1-18-13(10(15)8-17-18)14(19)16-7-9-4-5-11(20-2)12(6-9)21-3/h4-6,8H,7H2,1-3H3,(H,16,19). The quantitative estimate of drug-likeness (QED) is 0.894. The first-order valence-corrected chi connectivity index (χ1v) is 7.02. The van der Waals surface area contributed by atoms with Crippen LogP contribution in [0.3, 0.4) is 0 Å². The molecule has 2 rings (SSSR count). The molecule has 112 valence electrons. The Bertz CT molecular complexity index is 635. The van der Waals surface area contributed by atoms with E-state index in [1.807, 2.05) is 12.1 Å². The molecule has 0 unspecified atom stereocenters. The number of rotatable bonds is 5. The van der Waals surface area contributed by atoms with E-state index in [0.717, 1.165) is 5.56 Å². The summed E-state index contributed by atoms with van der Waals surface area (Å²) < 4.78 is 12.6. The third-order valence-corrected chi connectivity index (χ3v) is 3.59. The molecule has 0 radical (unpaired) electrons. The predicted molar refractivity (Wildman–Crippen MR) is 81.6 cm³/mol. The van der Waals surface area contributed by atoms with Gasteiger partial charge in [-0.05, 0) is 33.6 Å². The Labute approximate surface area is 131 Å². The van der Waals surface area contributed by atoms with Crippen LogP contribution in [0.25, 0.3) is 0 Å². The smallest absolute Gasteiger partial charge is 0.270 e. The van der Waals surface area contributed by atoms with Crippen LogP contribution in [0.15, 0.2) is 28.9 Å². The number of carbonyl (C=O) groups is 1. The number of hydrogen-bond acceptors (Lipinski definition) is 4. The maximum absolute atomic E-state index is 12.1. The number of halogens is 1. The number of amides is 1. The Morgan fingerprint density at radius 2 is 2.05 bits per heavy atom. The molecule has 1 aromatic heterocycles. The molecular weight excluding hydrogens is 338 g/mol. The van der Waals surface area contributed by atoms with Gasteiger partial charge in [0.05, 0.1) is 24.9 Å². The number of methoxy groups -OCH3 is 2. The fraction of sp³-hybridized carbons (Fsp3) is 0.286. The van der Waals surface area contributed by atoms with E-state index in [9.17, 15) is 4.79 Å². The van der Waals surface area contributed by atoms with Gasteiger partial charge in [0.25, 0.3) is 5.91 Å². The number of hydrogen-bond donors (Lipinski definition) is 1. The summed E-state index contributed by atoms with van der Waals surface area (Å²) in [5.74, 6) is 1.09. The number of aryl methyl sites for hydroxylation is 1. The second-order valence-corrected chi connectivity index (χ2v) is 5.19. The fourth-order valence-corrected chi connectivity index (χ4v) is 2.45. The van der Waals surface area contributed by atoms with Crippen LogP contribution in [0.5, 0.6) is 11.5 Å². The third-order valence-electron chi connectivity index (χ3n) is 3.01. The molecule has 0 bridgehead atoms. The summed E-state index contributed by atoms with van der Waals surface area (Å²) in [6.45, 7) is 0.386. The minimum absolute atomic E-state index is 0.198. The highest BCUT2D eigenvalue weighted by molar-refractivity contribution is 9.10. The minimum Gasteiger partial charge on any atom is -0.493 e. The third kappa shape index (κ3) is 3.36. The van der Waals surface area contributed by atoms with Crippen LogP contribution in [0.4, 0.5) is 0 Å². The van der Waals surface area contributed by atoms with Gasteiger partial charge in [-0.15, -0.1) is 0 Å². The van der Waals surface area contributed by atoms with Gasteiger partial charge in [-0.3, -0.25) is 9.48 Å². The highest BCUT2D eigenvalue weighted by atomic mass is 79.9. The zero-order valence-corrected chi connectivity index (χ0v) is 13.6. The van der Waals surface area contributed by atoms with Gasteiger partial charge < -0.3 is 14.8 Å². The molecule has 1 aromatic carbocycles. The lowest BCUT2D eigenvalue weighted by atomic mass is 10.2. The highest BCUT2D eigenvalue weighted by Crippen LogP contribution is 2.27. The van der Waals surface area contributed by atoms with E-state index in [2.05, 4.69) is 26.3 Å². The average Bonchev–Trinajstić information content (AvgIpc) is 2.83. The van der Waals surface area contributed by atoms with Crippen molar-refractivity contribution < 1.29 is 14.3 Å². The minimum atomic E-state index is -0.198. The normalized spacial score (nSPS) is 10.3. The van der Waals surface area contributed by atoms with Gasteiger partial charge in [0.15, 0.2) is 11.5 Å². The largest absolute Gasteiger partial charge is 0.493 e. The zero-order chi connectivity index (χ0) is 15.4. The van der Waals surface area contributed by atoms with Gasteiger partial charge in [-0.1, -0.05) is 6.07 Å². The molecule has 0 aliphatic heterocycles. The molecule has 0 fully saturated rings. The van der Waals surface area contributed by atoms with Crippen molar-refractivity contribution in [2.24, 2.45) is 7.05 Å². The van der Waals surface area contributed by atoms with E-state index in [0.29, 0.717) is 28.2 Å². The van der Waals surface area contributed by atoms with Crippen LogP contribution in [-0.2, 0) is 13.6 Å². The first-order chi connectivity index (χ1) is 10.1. The highest BCUT2D eigenvalue weighted by Gasteiger charge is 2.15. The zero-order valence-electron chi connectivity index (χ0n) is 12.0. The lowest BCUT2D eigenvalue weighted by Crippen LogP contribution is -2.25. The monoisotopic (exact) mass is 353 g/mol. The van der Waals surface area contributed by atoms with Gasteiger partial charge in [0.1, 0.15) is 5.69 Å². The first kappa shape index (κ1) is 15.4. The Morgan fingerprint density at radius 3 is 2.62 bits per heavy atom. The van der Waals surface area contributed by atoms with E-state index in [4.69, 9.17) is 9.47 Å². The van der Waals surface area contributed by atoms with Crippen molar-refractivity contribution in [3.05, 3.63) is 40.1 Å². The number of carbonyl (C=O) groups excluding carboxylic acids is 1. The summed E-state index contributed by atoms with van der Waals surface area (Å²) in [6.07, 6.45) is 1.59. The van der Waals surface area contributed by atoms with Crippen LogP contribution >= 0.6 is 15.9 Å². The predicted octanol–water partition coefficient (Wildman–Crippen LogP) is 2.13. The maximum Gasteiger partial charge on any atom is 0.270 e. The molecule has 0 saturated carbocycles. The van der Waals surface area contributed by atoms with Crippen molar-refractivity contribution in [3.8, 4) is 11.5 Å². The molecule has 1 N–H and O–H groups in total. The molecule has 0 spiro atoms. The topological polar surface area (TPSA) is 65.4 Å². The van der Waals surface area contributed by atoms with Crippen molar-refractivity contribution >= 4 is 21.8 Å². The molecule has 6 nitrogen and oxygen atoms in total. The van der Waals surface area contributed by atoms with Gasteiger partial charge in [0, 0.05) is 13.6 Å². The van der Waals surface area contributed by atoms with Crippen LogP contribution < -0.4 is 14.8 Å². The van der Waals surface area contributed by atoms with Crippen molar-refractivity contribution in [2.45, 2.75) is 6.54 Å². The van der Waals surface area contributed by atoms with Crippen molar-refractivity contribution in [2.75, 3.05) is 14.2 Å². The Kier molecular flexibility index (Phi) is 4.85. The molecule has 0 aliphatic carbocycles. The number of nitrogens with one attached hydrogen (secondary N) is 1. The molecule has 21 heavy (non-hydrogen) atoms. The summed E-state index contributed by atoms with van der Waals surface area (Å²) >= 11 is 3.30. The average molecular weight is 354 g/mol. The fourth-order valence-electron chi connectivity index (χ4n) is 1.92. The molecule has 0 aliphatic rings. The van der Waals surface area contributed by atoms with Crippen LogP contribution in [-0.4, -0.2) is 29.9 Å². The molecule has 2 aromatic rings. The van der Waals surface area contributed by atoms with Gasteiger partial charge in [0.2, 0.25) is 0 Å². The number of aromatic nitrogens is 2. The van der Waals surface area contributed by atoms with E-state index in [1.54, 1.807) is 33.5 Å². The van der Waals surface area contributed by atoms with E-state index in [1.165, 1.54) is 4.68 Å². The molecule has 0 saturated heterocycles. The van der Waals surface area contributed by atoms with Gasteiger partial charge >= 0.3 is 0 Å². The summed E-state index contributed by atoms with van der Waals surface area (Å²) in [4.78, 5) is 12.1. The molecule has 7 heteroatoms. The lowest BCUT2D eigenvalue weighted by Gasteiger charge is -2.10. The van der Waals surface area contributed by atoms with E-state index >= 15 is 0 Å². The van der Waals surface area contributed by atoms with Crippen LogP contribution in [0.1, 0.15) is 16.1 Å². The summed E-state index contributed by atoms with van der Waals surface area (Å²) in [5.41, 5.74) is 1.40. The SMILES string of the molecule is COc1ccc(CNC(=O)c2c(Br)cnn2C)cc1OC. The van der Waals surface area contributed by atoms with Crippen molar-refractivity contribution in [3.63, 3.8) is 0 Å². The Hall–Kier alpha value is -2.02. The first-order valence-electron chi connectivity index (χ1n) is 6.23. The van der Waals surface area contributed by atoms with Gasteiger partial charge in [-0.2, -0.15) is 5.10 Å².